The largest absolute Gasteiger partial charge is 0.392 e. The van der Waals surface area contributed by atoms with Crippen molar-refractivity contribution in [2.75, 3.05) is 6.54 Å². The average Bonchev–Trinajstić information content (AvgIpc) is 2.67. The van der Waals surface area contributed by atoms with E-state index in [1.54, 1.807) is 0 Å². The molecule has 0 bridgehead atoms. The van der Waals surface area contributed by atoms with Crippen LogP contribution in [0.3, 0.4) is 0 Å². The van der Waals surface area contributed by atoms with Gasteiger partial charge in [0.05, 0.1) is 6.10 Å². The summed E-state index contributed by atoms with van der Waals surface area (Å²) in [6.07, 6.45) is 0.995. The van der Waals surface area contributed by atoms with Crippen LogP contribution in [-0.4, -0.2) is 36.6 Å². The van der Waals surface area contributed by atoms with Gasteiger partial charge in [-0.15, -0.1) is 0 Å². The van der Waals surface area contributed by atoms with Crippen LogP contribution in [-0.2, 0) is 17.1 Å². The van der Waals surface area contributed by atoms with E-state index in [4.69, 9.17) is 5.73 Å². The third-order valence-electron chi connectivity index (χ3n) is 2.90. The van der Waals surface area contributed by atoms with Crippen molar-refractivity contribution in [3.05, 3.63) is 18.0 Å². The Morgan fingerprint density at radius 1 is 1.48 bits per heavy atom. The fraction of sp³-hybridized carbons (Fsp3) is 0.615. The second-order valence-corrected chi connectivity index (χ2v) is 8.07. The van der Waals surface area contributed by atoms with E-state index in [9.17, 15) is 18.3 Å². The number of aryl methyl sites for hydroxylation is 1. The van der Waals surface area contributed by atoms with Gasteiger partial charge in [0.2, 0.25) is 10.0 Å². The Labute approximate surface area is 125 Å². The Kier molecular flexibility index (Phi) is 5.19. The van der Waals surface area contributed by atoms with Crippen LogP contribution in [0.4, 0.5) is 0 Å². The summed E-state index contributed by atoms with van der Waals surface area (Å²) < 4.78 is 27.9. The third kappa shape index (κ3) is 5.14. The molecule has 21 heavy (non-hydrogen) atoms. The first kappa shape index (κ1) is 17.7. The molecular weight excluding hydrogens is 294 g/mol. The number of nitrogens with one attached hydrogen (secondary N) is 1. The SMILES string of the molecule is Cn1cc(S(=O)(=O)NCC(O)CC(C)(C)C)cc1C(N)=O. The summed E-state index contributed by atoms with van der Waals surface area (Å²) in [7, 11) is -2.25. The minimum absolute atomic E-state index is 0.0539. The van der Waals surface area contributed by atoms with Crippen LogP contribution in [0.1, 0.15) is 37.7 Å². The Bertz CT molecular complexity index is 614. The molecule has 1 aromatic rings. The van der Waals surface area contributed by atoms with Gasteiger partial charge in [-0.2, -0.15) is 0 Å². The van der Waals surface area contributed by atoms with Crippen LogP contribution in [0, 0.1) is 5.41 Å². The van der Waals surface area contributed by atoms with Crippen LogP contribution in [0.25, 0.3) is 0 Å². The summed E-state index contributed by atoms with van der Waals surface area (Å²) in [6.45, 7) is 5.80. The van der Waals surface area contributed by atoms with E-state index in [-0.39, 0.29) is 22.5 Å². The molecule has 0 aliphatic rings. The summed E-state index contributed by atoms with van der Waals surface area (Å²) in [4.78, 5) is 11.1. The van der Waals surface area contributed by atoms with Gasteiger partial charge in [0.25, 0.3) is 5.91 Å². The maximum atomic E-state index is 12.1. The Hall–Kier alpha value is -1.38. The molecule has 1 atom stereocenters. The summed E-state index contributed by atoms with van der Waals surface area (Å²) in [6, 6.07) is 1.21. The number of amides is 1. The quantitative estimate of drug-likeness (QED) is 0.695. The molecular formula is C13H23N3O4S. The number of aromatic nitrogens is 1. The molecule has 8 heteroatoms. The monoisotopic (exact) mass is 317 g/mol. The first-order chi connectivity index (χ1) is 9.42. The number of sulfonamides is 1. The minimum atomic E-state index is -3.78. The van der Waals surface area contributed by atoms with E-state index in [2.05, 4.69) is 4.72 Å². The summed E-state index contributed by atoms with van der Waals surface area (Å²) in [5, 5.41) is 9.84. The highest BCUT2D eigenvalue weighted by atomic mass is 32.2. The van der Waals surface area contributed by atoms with Crippen molar-refractivity contribution in [1.29, 1.82) is 0 Å². The molecule has 0 aliphatic heterocycles. The van der Waals surface area contributed by atoms with E-state index in [0.29, 0.717) is 6.42 Å². The maximum absolute atomic E-state index is 12.1. The molecule has 0 spiro atoms. The fourth-order valence-corrected chi connectivity index (χ4v) is 3.14. The van der Waals surface area contributed by atoms with E-state index in [1.807, 2.05) is 20.8 Å². The van der Waals surface area contributed by atoms with Gasteiger partial charge in [0.15, 0.2) is 0 Å². The van der Waals surface area contributed by atoms with Gasteiger partial charge < -0.3 is 15.4 Å². The van der Waals surface area contributed by atoms with Crippen LogP contribution in [0.15, 0.2) is 17.2 Å². The minimum Gasteiger partial charge on any atom is -0.392 e. The molecule has 0 radical (unpaired) electrons. The Morgan fingerprint density at radius 3 is 2.48 bits per heavy atom. The van der Waals surface area contributed by atoms with E-state index >= 15 is 0 Å². The van der Waals surface area contributed by atoms with E-state index in [0.717, 1.165) is 0 Å². The molecule has 0 saturated carbocycles. The van der Waals surface area contributed by atoms with Gasteiger partial charge >= 0.3 is 0 Å². The summed E-state index contributed by atoms with van der Waals surface area (Å²) in [5.41, 5.74) is 5.15. The van der Waals surface area contributed by atoms with Crippen LogP contribution in [0.5, 0.6) is 0 Å². The second kappa shape index (κ2) is 6.17. The number of rotatable bonds is 6. The fourth-order valence-electron chi connectivity index (χ4n) is 1.99. The number of carbonyl (C=O) groups is 1. The number of aliphatic hydroxyl groups is 1. The van der Waals surface area contributed by atoms with Gasteiger partial charge in [-0.3, -0.25) is 4.79 Å². The van der Waals surface area contributed by atoms with Gasteiger partial charge in [-0.25, -0.2) is 13.1 Å². The highest BCUT2D eigenvalue weighted by Crippen LogP contribution is 2.20. The van der Waals surface area contributed by atoms with Gasteiger partial charge in [0.1, 0.15) is 10.6 Å². The zero-order valence-corrected chi connectivity index (χ0v) is 13.6. The molecule has 4 N–H and O–H groups in total. The van der Waals surface area contributed by atoms with Crippen LogP contribution < -0.4 is 10.5 Å². The molecule has 0 saturated heterocycles. The Balaban J connectivity index is 2.79. The summed E-state index contributed by atoms with van der Waals surface area (Å²) >= 11 is 0. The lowest BCUT2D eigenvalue weighted by atomic mass is 9.89. The average molecular weight is 317 g/mol. The van der Waals surface area contributed by atoms with Gasteiger partial charge in [0, 0.05) is 19.8 Å². The number of aliphatic hydroxyl groups excluding tert-OH is 1. The van der Waals surface area contributed by atoms with Gasteiger partial charge in [-0.05, 0) is 17.9 Å². The number of carbonyl (C=O) groups excluding carboxylic acids is 1. The standard InChI is InChI=1S/C13H23N3O4S/c1-13(2,3)6-9(17)7-15-21(19,20)10-5-11(12(14)18)16(4)8-10/h5,8-9,15,17H,6-7H2,1-4H3,(H2,14,18). The first-order valence-corrected chi connectivity index (χ1v) is 8.04. The van der Waals surface area contributed by atoms with Crippen molar-refractivity contribution < 1.29 is 18.3 Å². The van der Waals surface area contributed by atoms with E-state index < -0.39 is 22.0 Å². The molecule has 0 aromatic carbocycles. The predicted octanol–water partition coefficient (Wildman–Crippen LogP) is 0.199. The Morgan fingerprint density at radius 2 is 2.05 bits per heavy atom. The lowest BCUT2D eigenvalue weighted by Gasteiger charge is -2.22. The molecule has 0 aliphatic carbocycles. The number of hydrogen-bond donors (Lipinski definition) is 3. The van der Waals surface area contributed by atoms with Crippen molar-refractivity contribution in [1.82, 2.24) is 9.29 Å². The van der Waals surface area contributed by atoms with Crippen LogP contribution in [0.2, 0.25) is 0 Å². The smallest absolute Gasteiger partial charge is 0.265 e. The normalized spacial score (nSPS) is 14.1. The molecule has 1 heterocycles. The topological polar surface area (TPSA) is 114 Å². The maximum Gasteiger partial charge on any atom is 0.265 e. The molecule has 1 aromatic heterocycles. The van der Waals surface area contributed by atoms with Crippen molar-refractivity contribution >= 4 is 15.9 Å². The van der Waals surface area contributed by atoms with Crippen molar-refractivity contribution in [2.45, 2.75) is 38.2 Å². The number of hydrogen-bond acceptors (Lipinski definition) is 4. The predicted molar refractivity (Wildman–Crippen MR) is 79.2 cm³/mol. The molecule has 7 nitrogen and oxygen atoms in total. The van der Waals surface area contributed by atoms with Crippen molar-refractivity contribution in [3.8, 4) is 0 Å². The zero-order valence-electron chi connectivity index (χ0n) is 12.8. The van der Waals surface area contributed by atoms with Crippen molar-refractivity contribution in [2.24, 2.45) is 18.2 Å². The highest BCUT2D eigenvalue weighted by Gasteiger charge is 2.22. The second-order valence-electron chi connectivity index (χ2n) is 6.31. The number of primary amides is 1. The molecule has 0 fully saturated rings. The molecule has 120 valence electrons. The number of nitrogens with two attached hydrogens (primary N) is 1. The number of nitrogens with zero attached hydrogens (tertiary/aromatic N) is 1. The van der Waals surface area contributed by atoms with Crippen LogP contribution >= 0.6 is 0 Å². The molecule has 1 amide bonds. The third-order valence-corrected chi connectivity index (χ3v) is 4.29. The highest BCUT2D eigenvalue weighted by molar-refractivity contribution is 7.89. The lowest BCUT2D eigenvalue weighted by Crippen LogP contribution is -2.34. The first-order valence-electron chi connectivity index (χ1n) is 6.56. The lowest BCUT2D eigenvalue weighted by molar-refractivity contribution is 0.0992. The van der Waals surface area contributed by atoms with E-state index in [1.165, 1.54) is 23.9 Å². The zero-order chi connectivity index (χ0) is 16.4. The van der Waals surface area contributed by atoms with Crippen molar-refractivity contribution in [3.63, 3.8) is 0 Å². The molecule has 1 rings (SSSR count). The summed E-state index contributed by atoms with van der Waals surface area (Å²) in [5.74, 6) is -0.702. The van der Waals surface area contributed by atoms with Gasteiger partial charge in [-0.1, -0.05) is 20.8 Å². The molecule has 1 unspecified atom stereocenters.